The number of aromatic nitrogens is 3. The Morgan fingerprint density at radius 3 is 2.37 bits per heavy atom. The van der Waals surface area contributed by atoms with Crippen molar-refractivity contribution in [2.45, 2.75) is 20.4 Å². The Kier molecular flexibility index (Phi) is 3.92. The maximum absolute atomic E-state index is 12.9. The Bertz CT molecular complexity index is 1090. The molecule has 8 nitrogen and oxygen atoms in total. The molecule has 2 amide bonds. The van der Waals surface area contributed by atoms with Crippen LogP contribution >= 0.6 is 11.6 Å². The molecule has 27 heavy (non-hydrogen) atoms. The fourth-order valence-corrected chi connectivity index (χ4v) is 3.16. The van der Waals surface area contributed by atoms with Gasteiger partial charge in [-0.15, -0.1) is 0 Å². The monoisotopic (exact) mass is 383 g/mol. The van der Waals surface area contributed by atoms with Crippen molar-refractivity contribution in [1.82, 2.24) is 20.0 Å². The Morgan fingerprint density at radius 1 is 1.07 bits per heavy atom. The van der Waals surface area contributed by atoms with Gasteiger partial charge in [-0.2, -0.15) is 4.98 Å². The van der Waals surface area contributed by atoms with Gasteiger partial charge in [0.1, 0.15) is 0 Å². The number of pyridine rings is 1. The molecule has 2 aromatic heterocycles. The molecule has 136 valence electrons. The first kappa shape index (κ1) is 17.2. The van der Waals surface area contributed by atoms with Crippen molar-refractivity contribution < 1.29 is 14.1 Å². The lowest BCUT2D eigenvalue weighted by Crippen LogP contribution is -2.29. The standard InChI is InChI=1S/C18H14ClN5O3/c1-8-12-13(14(20)15(21-8)16-22-9(2)23-27-16)18(26)24(17(12)25)7-10-3-5-11(19)6-4-10/h3-6H,7,20H2,1-2H3. The second-order valence-corrected chi connectivity index (χ2v) is 6.62. The van der Waals surface area contributed by atoms with Crippen LogP contribution < -0.4 is 5.73 Å². The number of benzene rings is 1. The lowest BCUT2D eigenvalue weighted by atomic mass is 10.0. The first-order valence-electron chi connectivity index (χ1n) is 8.08. The molecule has 3 aromatic rings. The van der Waals surface area contributed by atoms with Gasteiger partial charge >= 0.3 is 0 Å². The van der Waals surface area contributed by atoms with E-state index in [4.69, 9.17) is 21.9 Å². The summed E-state index contributed by atoms with van der Waals surface area (Å²) in [7, 11) is 0. The third-order valence-electron chi connectivity index (χ3n) is 4.32. The van der Waals surface area contributed by atoms with Crippen molar-refractivity contribution in [3.05, 3.63) is 57.5 Å². The molecular weight excluding hydrogens is 370 g/mol. The number of rotatable bonds is 3. The molecule has 0 spiro atoms. The molecule has 4 rings (SSSR count). The number of nitrogen functional groups attached to an aromatic ring is 1. The predicted molar refractivity (Wildman–Crippen MR) is 97.1 cm³/mol. The minimum Gasteiger partial charge on any atom is -0.396 e. The minimum absolute atomic E-state index is 0.0520. The lowest BCUT2D eigenvalue weighted by Gasteiger charge is -2.13. The number of imide groups is 1. The van der Waals surface area contributed by atoms with Gasteiger partial charge in [0.25, 0.3) is 17.7 Å². The van der Waals surface area contributed by atoms with Gasteiger partial charge < -0.3 is 10.3 Å². The first-order chi connectivity index (χ1) is 12.9. The van der Waals surface area contributed by atoms with Gasteiger partial charge in [0.2, 0.25) is 0 Å². The van der Waals surface area contributed by atoms with E-state index in [1.165, 1.54) is 0 Å². The molecule has 0 atom stereocenters. The predicted octanol–water partition coefficient (Wildman–Crippen LogP) is 2.78. The second kappa shape index (κ2) is 6.17. The van der Waals surface area contributed by atoms with Crippen LogP contribution in [0, 0.1) is 13.8 Å². The zero-order valence-electron chi connectivity index (χ0n) is 14.5. The molecule has 0 saturated carbocycles. The van der Waals surface area contributed by atoms with Gasteiger partial charge in [0, 0.05) is 5.02 Å². The highest BCUT2D eigenvalue weighted by molar-refractivity contribution is 6.30. The number of aryl methyl sites for hydroxylation is 2. The number of nitrogens with two attached hydrogens (primary N) is 1. The molecule has 0 saturated heterocycles. The second-order valence-electron chi connectivity index (χ2n) is 6.18. The summed E-state index contributed by atoms with van der Waals surface area (Å²) in [5.41, 5.74) is 7.88. The molecule has 0 fully saturated rings. The van der Waals surface area contributed by atoms with Gasteiger partial charge in [-0.1, -0.05) is 28.9 Å². The number of hydrogen-bond acceptors (Lipinski definition) is 7. The molecule has 1 aliphatic rings. The number of amides is 2. The maximum atomic E-state index is 12.9. The normalized spacial score (nSPS) is 13.4. The van der Waals surface area contributed by atoms with Crippen LogP contribution in [0.25, 0.3) is 11.6 Å². The van der Waals surface area contributed by atoms with E-state index in [2.05, 4.69) is 15.1 Å². The SMILES string of the molecule is Cc1noc(-c2nc(C)c3c(c2N)C(=O)N(Cc2ccc(Cl)cc2)C3=O)n1. The van der Waals surface area contributed by atoms with Crippen LogP contribution in [-0.2, 0) is 6.54 Å². The first-order valence-corrected chi connectivity index (χ1v) is 8.46. The average Bonchev–Trinajstić information content (AvgIpc) is 3.17. The maximum Gasteiger partial charge on any atom is 0.278 e. The van der Waals surface area contributed by atoms with Gasteiger partial charge in [0.05, 0.1) is 29.1 Å². The molecule has 0 aliphatic carbocycles. The summed E-state index contributed by atoms with van der Waals surface area (Å²) in [6.07, 6.45) is 0. The Balaban J connectivity index is 1.77. The van der Waals surface area contributed by atoms with Crippen molar-refractivity contribution in [2.75, 3.05) is 5.73 Å². The molecule has 1 aromatic carbocycles. The molecule has 9 heteroatoms. The van der Waals surface area contributed by atoms with Gasteiger partial charge in [-0.25, -0.2) is 4.98 Å². The highest BCUT2D eigenvalue weighted by atomic mass is 35.5. The number of carbonyl (C=O) groups excluding carboxylic acids is 2. The van der Waals surface area contributed by atoms with Gasteiger partial charge in [-0.3, -0.25) is 14.5 Å². The van der Waals surface area contributed by atoms with Crippen LogP contribution in [0.3, 0.4) is 0 Å². The molecule has 3 heterocycles. The van der Waals surface area contributed by atoms with E-state index in [0.717, 1.165) is 10.5 Å². The molecule has 1 aliphatic heterocycles. The Hall–Kier alpha value is -3.26. The molecule has 0 radical (unpaired) electrons. The van der Waals surface area contributed by atoms with Crippen LogP contribution in [0.1, 0.15) is 37.8 Å². The van der Waals surface area contributed by atoms with E-state index >= 15 is 0 Å². The van der Waals surface area contributed by atoms with Gasteiger partial charge in [-0.05, 0) is 31.5 Å². The fourth-order valence-electron chi connectivity index (χ4n) is 3.04. The summed E-state index contributed by atoms with van der Waals surface area (Å²) >= 11 is 5.89. The van der Waals surface area contributed by atoms with Crippen LogP contribution in [0.15, 0.2) is 28.8 Å². The van der Waals surface area contributed by atoms with E-state index in [0.29, 0.717) is 16.5 Å². The van der Waals surface area contributed by atoms with E-state index in [9.17, 15) is 9.59 Å². The topological polar surface area (TPSA) is 115 Å². The van der Waals surface area contributed by atoms with Crippen LogP contribution in [-0.4, -0.2) is 31.8 Å². The summed E-state index contributed by atoms with van der Waals surface area (Å²) < 4.78 is 5.12. The summed E-state index contributed by atoms with van der Waals surface area (Å²) in [6.45, 7) is 3.41. The summed E-state index contributed by atoms with van der Waals surface area (Å²) in [6, 6.07) is 6.92. The van der Waals surface area contributed by atoms with Crippen molar-refractivity contribution in [1.29, 1.82) is 0 Å². The van der Waals surface area contributed by atoms with E-state index < -0.39 is 11.8 Å². The molecular formula is C18H14ClN5O3. The summed E-state index contributed by atoms with van der Waals surface area (Å²) in [4.78, 5) is 35.4. The van der Waals surface area contributed by atoms with Crippen molar-refractivity contribution in [3.8, 4) is 11.6 Å². The van der Waals surface area contributed by atoms with E-state index in [1.54, 1.807) is 38.1 Å². The molecule has 0 bridgehead atoms. The van der Waals surface area contributed by atoms with Crippen molar-refractivity contribution >= 4 is 29.1 Å². The largest absolute Gasteiger partial charge is 0.396 e. The highest BCUT2D eigenvalue weighted by Crippen LogP contribution is 2.35. The van der Waals surface area contributed by atoms with Crippen molar-refractivity contribution in [2.24, 2.45) is 0 Å². The van der Waals surface area contributed by atoms with Crippen LogP contribution in [0.2, 0.25) is 5.02 Å². The zero-order chi connectivity index (χ0) is 19.3. The number of nitrogens with zero attached hydrogens (tertiary/aromatic N) is 4. The number of halogens is 1. The van der Waals surface area contributed by atoms with Gasteiger partial charge in [0.15, 0.2) is 11.5 Å². The van der Waals surface area contributed by atoms with Crippen molar-refractivity contribution in [3.63, 3.8) is 0 Å². The average molecular weight is 384 g/mol. The third kappa shape index (κ3) is 2.74. The van der Waals surface area contributed by atoms with Crippen LogP contribution in [0.5, 0.6) is 0 Å². The smallest absolute Gasteiger partial charge is 0.278 e. The highest BCUT2D eigenvalue weighted by Gasteiger charge is 2.40. The zero-order valence-corrected chi connectivity index (χ0v) is 15.2. The Labute approximate surface area is 158 Å². The number of anilines is 1. The van der Waals surface area contributed by atoms with E-state index in [-0.39, 0.29) is 34.9 Å². The van der Waals surface area contributed by atoms with E-state index in [1.807, 2.05) is 0 Å². The summed E-state index contributed by atoms with van der Waals surface area (Å²) in [5.74, 6) is -0.399. The third-order valence-corrected chi connectivity index (χ3v) is 4.57. The Morgan fingerprint density at radius 2 is 1.74 bits per heavy atom. The number of fused-ring (bicyclic) bond motifs is 1. The number of carbonyl (C=O) groups is 2. The molecule has 2 N–H and O–H groups in total. The summed E-state index contributed by atoms with van der Waals surface area (Å²) in [5, 5.41) is 4.29. The van der Waals surface area contributed by atoms with Crippen LogP contribution in [0.4, 0.5) is 5.69 Å². The lowest BCUT2D eigenvalue weighted by molar-refractivity contribution is 0.0642. The minimum atomic E-state index is -0.481. The number of hydrogen-bond donors (Lipinski definition) is 1. The molecule has 0 unspecified atom stereocenters. The quantitative estimate of drug-likeness (QED) is 0.691. The fraction of sp³-hybridized carbons (Fsp3) is 0.167.